The predicted octanol–water partition coefficient (Wildman–Crippen LogP) is 4.19. The minimum atomic E-state index is -0.276. The first-order valence-corrected chi connectivity index (χ1v) is 7.89. The standard InChI is InChI=1S/C18H27NO2/c1-14(19(3)18(2)12-6-5-7-13-18)15-8-10-16(11-9-15)17(20)21-4/h8-11,14H,5-7,12-13H2,1-4H3/t14-/m1/s1. The lowest BCUT2D eigenvalue weighted by Gasteiger charge is -2.45. The van der Waals surface area contributed by atoms with Gasteiger partial charge in [0.05, 0.1) is 12.7 Å². The number of methoxy groups -OCH3 is 1. The van der Waals surface area contributed by atoms with E-state index in [1.165, 1.54) is 44.8 Å². The van der Waals surface area contributed by atoms with E-state index in [0.29, 0.717) is 17.1 Å². The van der Waals surface area contributed by atoms with Gasteiger partial charge >= 0.3 is 5.97 Å². The second kappa shape index (κ2) is 6.61. The number of hydrogen-bond acceptors (Lipinski definition) is 3. The van der Waals surface area contributed by atoms with E-state index < -0.39 is 0 Å². The summed E-state index contributed by atoms with van der Waals surface area (Å²) >= 11 is 0. The highest BCUT2D eigenvalue weighted by molar-refractivity contribution is 5.89. The van der Waals surface area contributed by atoms with Crippen LogP contribution in [0, 0.1) is 0 Å². The normalized spacial score (nSPS) is 19.3. The van der Waals surface area contributed by atoms with E-state index in [2.05, 4.69) is 25.8 Å². The van der Waals surface area contributed by atoms with E-state index in [9.17, 15) is 4.79 Å². The molecule has 0 radical (unpaired) electrons. The van der Waals surface area contributed by atoms with Crippen molar-refractivity contribution in [3.8, 4) is 0 Å². The van der Waals surface area contributed by atoms with Crippen LogP contribution in [0.4, 0.5) is 0 Å². The molecule has 1 aliphatic rings. The highest BCUT2D eigenvalue weighted by Crippen LogP contribution is 2.37. The van der Waals surface area contributed by atoms with Crippen molar-refractivity contribution in [1.29, 1.82) is 0 Å². The maximum Gasteiger partial charge on any atom is 0.337 e. The Kier molecular flexibility index (Phi) is 5.04. The molecule has 0 N–H and O–H groups in total. The molecule has 0 aromatic heterocycles. The van der Waals surface area contributed by atoms with Crippen LogP contribution >= 0.6 is 0 Å². The lowest BCUT2D eigenvalue weighted by atomic mass is 9.81. The van der Waals surface area contributed by atoms with Gasteiger partial charge in [0, 0.05) is 11.6 Å². The molecular weight excluding hydrogens is 262 g/mol. The molecule has 0 saturated heterocycles. The molecule has 1 aliphatic carbocycles. The summed E-state index contributed by atoms with van der Waals surface area (Å²) in [7, 11) is 3.64. The number of benzene rings is 1. The molecule has 1 aromatic carbocycles. The molecule has 3 nitrogen and oxygen atoms in total. The van der Waals surface area contributed by atoms with Crippen LogP contribution in [0.3, 0.4) is 0 Å². The maximum absolute atomic E-state index is 11.5. The Balaban J connectivity index is 2.11. The summed E-state index contributed by atoms with van der Waals surface area (Å²) < 4.78 is 4.75. The summed E-state index contributed by atoms with van der Waals surface area (Å²) in [5.74, 6) is -0.276. The average Bonchev–Trinajstić information content (AvgIpc) is 2.53. The van der Waals surface area contributed by atoms with Crippen molar-refractivity contribution in [3.05, 3.63) is 35.4 Å². The Morgan fingerprint density at radius 2 is 1.76 bits per heavy atom. The minimum absolute atomic E-state index is 0.276. The summed E-state index contributed by atoms with van der Waals surface area (Å²) in [6.45, 7) is 4.62. The molecule has 0 spiro atoms. The van der Waals surface area contributed by atoms with E-state index >= 15 is 0 Å². The summed E-state index contributed by atoms with van der Waals surface area (Å²) in [6.07, 6.45) is 6.57. The zero-order chi connectivity index (χ0) is 15.5. The van der Waals surface area contributed by atoms with Gasteiger partial charge in [0.15, 0.2) is 0 Å². The quantitative estimate of drug-likeness (QED) is 0.778. The highest BCUT2D eigenvalue weighted by Gasteiger charge is 2.33. The number of esters is 1. The molecule has 1 saturated carbocycles. The van der Waals surface area contributed by atoms with E-state index in [1.54, 1.807) is 0 Å². The molecule has 21 heavy (non-hydrogen) atoms. The van der Waals surface area contributed by atoms with Crippen LogP contribution in [0.15, 0.2) is 24.3 Å². The largest absolute Gasteiger partial charge is 0.465 e. The Morgan fingerprint density at radius 1 is 1.19 bits per heavy atom. The molecule has 1 aromatic rings. The first-order valence-electron chi connectivity index (χ1n) is 7.89. The van der Waals surface area contributed by atoms with Crippen molar-refractivity contribution in [2.24, 2.45) is 0 Å². The van der Waals surface area contributed by atoms with Crippen LogP contribution in [0.1, 0.15) is 67.9 Å². The minimum Gasteiger partial charge on any atom is -0.465 e. The predicted molar refractivity (Wildman–Crippen MR) is 85.4 cm³/mol. The lowest BCUT2D eigenvalue weighted by molar-refractivity contribution is 0.0575. The third kappa shape index (κ3) is 3.46. The molecule has 116 valence electrons. The topological polar surface area (TPSA) is 29.5 Å². The van der Waals surface area contributed by atoms with Crippen LogP contribution in [0.5, 0.6) is 0 Å². The highest BCUT2D eigenvalue weighted by atomic mass is 16.5. The van der Waals surface area contributed by atoms with Crippen LogP contribution in [-0.4, -0.2) is 30.6 Å². The first-order chi connectivity index (χ1) is 9.98. The summed E-state index contributed by atoms with van der Waals surface area (Å²) in [5, 5.41) is 0. The van der Waals surface area contributed by atoms with Gasteiger partial charge in [-0.05, 0) is 51.4 Å². The lowest BCUT2D eigenvalue weighted by Crippen LogP contribution is -2.46. The molecule has 1 fully saturated rings. The third-order valence-corrected chi connectivity index (χ3v) is 5.18. The van der Waals surface area contributed by atoms with E-state index in [4.69, 9.17) is 4.74 Å². The zero-order valence-electron chi connectivity index (χ0n) is 13.7. The van der Waals surface area contributed by atoms with Crippen molar-refractivity contribution in [2.45, 2.75) is 57.5 Å². The van der Waals surface area contributed by atoms with Crippen molar-refractivity contribution in [1.82, 2.24) is 4.90 Å². The molecule has 2 rings (SSSR count). The van der Waals surface area contributed by atoms with E-state index in [0.717, 1.165) is 0 Å². The molecule has 0 amide bonds. The monoisotopic (exact) mass is 289 g/mol. The Hall–Kier alpha value is -1.35. The average molecular weight is 289 g/mol. The van der Waals surface area contributed by atoms with Gasteiger partial charge in [0.25, 0.3) is 0 Å². The van der Waals surface area contributed by atoms with Crippen molar-refractivity contribution >= 4 is 5.97 Å². The van der Waals surface area contributed by atoms with Crippen molar-refractivity contribution in [2.75, 3.05) is 14.2 Å². The van der Waals surface area contributed by atoms with E-state index in [1.807, 2.05) is 24.3 Å². The SMILES string of the molecule is COC(=O)c1ccc([C@@H](C)N(C)C2(C)CCCCC2)cc1. The van der Waals surface area contributed by atoms with Gasteiger partial charge in [0.1, 0.15) is 0 Å². The maximum atomic E-state index is 11.5. The fourth-order valence-electron chi connectivity index (χ4n) is 3.37. The first kappa shape index (κ1) is 16.0. The van der Waals surface area contributed by atoms with Gasteiger partial charge in [-0.25, -0.2) is 4.79 Å². The van der Waals surface area contributed by atoms with Gasteiger partial charge in [-0.15, -0.1) is 0 Å². The van der Waals surface area contributed by atoms with Gasteiger partial charge in [-0.3, -0.25) is 4.90 Å². The van der Waals surface area contributed by atoms with Crippen molar-refractivity contribution in [3.63, 3.8) is 0 Å². The molecule has 0 unspecified atom stereocenters. The fourth-order valence-corrected chi connectivity index (χ4v) is 3.37. The second-order valence-electron chi connectivity index (χ2n) is 6.46. The molecule has 1 atom stereocenters. The molecule has 0 heterocycles. The number of carbonyl (C=O) groups is 1. The van der Waals surface area contributed by atoms with Crippen LogP contribution in [-0.2, 0) is 4.74 Å². The Morgan fingerprint density at radius 3 is 2.29 bits per heavy atom. The Labute approximate surface area is 128 Å². The third-order valence-electron chi connectivity index (χ3n) is 5.18. The Bertz CT molecular complexity index is 474. The number of carbonyl (C=O) groups excluding carboxylic acids is 1. The summed E-state index contributed by atoms with van der Waals surface area (Å²) in [6, 6.07) is 8.14. The number of ether oxygens (including phenoxy) is 1. The van der Waals surface area contributed by atoms with Gasteiger partial charge in [-0.2, -0.15) is 0 Å². The van der Waals surface area contributed by atoms with Crippen LogP contribution in [0.2, 0.25) is 0 Å². The number of rotatable bonds is 4. The fraction of sp³-hybridized carbons (Fsp3) is 0.611. The van der Waals surface area contributed by atoms with Gasteiger partial charge in [0.2, 0.25) is 0 Å². The molecule has 0 bridgehead atoms. The smallest absolute Gasteiger partial charge is 0.337 e. The van der Waals surface area contributed by atoms with Gasteiger partial charge in [-0.1, -0.05) is 31.4 Å². The van der Waals surface area contributed by atoms with E-state index in [-0.39, 0.29) is 5.97 Å². The van der Waals surface area contributed by atoms with Crippen molar-refractivity contribution < 1.29 is 9.53 Å². The zero-order valence-corrected chi connectivity index (χ0v) is 13.7. The second-order valence-corrected chi connectivity index (χ2v) is 6.46. The van der Waals surface area contributed by atoms with Gasteiger partial charge < -0.3 is 4.74 Å². The van der Waals surface area contributed by atoms with Crippen LogP contribution < -0.4 is 0 Å². The summed E-state index contributed by atoms with van der Waals surface area (Å²) in [4.78, 5) is 14.0. The molecule has 3 heteroatoms. The number of nitrogens with zero attached hydrogens (tertiary/aromatic N) is 1. The number of hydrogen-bond donors (Lipinski definition) is 0. The summed E-state index contributed by atoms with van der Waals surface area (Å²) in [5.41, 5.74) is 2.15. The molecular formula is C18H27NO2. The molecule has 0 aliphatic heterocycles. The van der Waals surface area contributed by atoms with Crippen LogP contribution in [0.25, 0.3) is 0 Å².